The first-order valence-electron chi connectivity index (χ1n) is 5.91. The highest BCUT2D eigenvalue weighted by Crippen LogP contribution is 2.42. The van der Waals surface area contributed by atoms with E-state index in [-0.39, 0.29) is 0 Å². The molecular formula is C12H18N2O. The van der Waals surface area contributed by atoms with Crippen LogP contribution in [0.3, 0.4) is 0 Å². The van der Waals surface area contributed by atoms with Gasteiger partial charge in [0.25, 0.3) is 0 Å². The third kappa shape index (κ3) is 1.41. The molecule has 3 nitrogen and oxygen atoms in total. The lowest BCUT2D eigenvalue weighted by molar-refractivity contribution is 0.141. The molecule has 3 heteroatoms. The van der Waals surface area contributed by atoms with E-state index in [1.54, 1.807) is 0 Å². The van der Waals surface area contributed by atoms with E-state index in [4.69, 9.17) is 4.52 Å². The molecule has 82 valence electrons. The molecule has 15 heavy (non-hydrogen) atoms. The van der Waals surface area contributed by atoms with Gasteiger partial charge in [0.1, 0.15) is 5.76 Å². The Morgan fingerprint density at radius 3 is 2.87 bits per heavy atom. The molecule has 3 heterocycles. The molecule has 3 atom stereocenters. The number of hydrogen-bond acceptors (Lipinski definition) is 3. The number of aromatic nitrogens is 1. The average Bonchev–Trinajstić information content (AvgIpc) is 2.72. The Kier molecular flexibility index (Phi) is 2.09. The highest BCUT2D eigenvalue weighted by molar-refractivity contribution is 5.14. The van der Waals surface area contributed by atoms with Crippen molar-refractivity contribution in [3.8, 4) is 0 Å². The van der Waals surface area contributed by atoms with Gasteiger partial charge < -0.3 is 4.52 Å². The first-order chi connectivity index (χ1) is 7.25. The second-order valence-electron chi connectivity index (χ2n) is 5.02. The molecule has 0 N–H and O–H groups in total. The zero-order chi connectivity index (χ0) is 10.4. The van der Waals surface area contributed by atoms with Crippen molar-refractivity contribution in [3.63, 3.8) is 0 Å². The van der Waals surface area contributed by atoms with Gasteiger partial charge in [-0.25, -0.2) is 0 Å². The van der Waals surface area contributed by atoms with Gasteiger partial charge in [-0.3, -0.25) is 4.90 Å². The molecule has 0 amide bonds. The normalized spacial score (nSPS) is 36.0. The van der Waals surface area contributed by atoms with E-state index in [0.717, 1.165) is 17.5 Å². The highest BCUT2D eigenvalue weighted by Gasteiger charge is 2.42. The van der Waals surface area contributed by atoms with Gasteiger partial charge >= 0.3 is 0 Å². The Hall–Kier alpha value is -0.830. The number of rotatable bonds is 1. The summed E-state index contributed by atoms with van der Waals surface area (Å²) in [6, 6.07) is 3.63. The fourth-order valence-electron chi connectivity index (χ4n) is 3.33. The maximum absolute atomic E-state index is 5.43. The van der Waals surface area contributed by atoms with E-state index in [0.29, 0.717) is 12.0 Å². The minimum absolute atomic E-state index is 0.579. The highest BCUT2D eigenvalue weighted by atomic mass is 16.5. The van der Waals surface area contributed by atoms with Crippen LogP contribution in [-0.4, -0.2) is 29.2 Å². The van der Waals surface area contributed by atoms with Crippen molar-refractivity contribution in [2.75, 3.05) is 7.05 Å². The van der Waals surface area contributed by atoms with E-state index < -0.39 is 0 Å². The molecule has 0 aliphatic carbocycles. The van der Waals surface area contributed by atoms with E-state index in [9.17, 15) is 0 Å². The Bertz CT molecular complexity index is 360. The van der Waals surface area contributed by atoms with Crippen molar-refractivity contribution in [1.29, 1.82) is 0 Å². The van der Waals surface area contributed by atoms with Gasteiger partial charge in [-0.2, -0.15) is 0 Å². The van der Waals surface area contributed by atoms with Crippen LogP contribution < -0.4 is 0 Å². The summed E-state index contributed by atoms with van der Waals surface area (Å²) >= 11 is 0. The number of aryl methyl sites for hydroxylation is 1. The largest absolute Gasteiger partial charge is 0.361 e. The average molecular weight is 206 g/mol. The summed E-state index contributed by atoms with van der Waals surface area (Å²) in [4.78, 5) is 2.55. The lowest BCUT2D eigenvalue weighted by Crippen LogP contribution is -2.40. The van der Waals surface area contributed by atoms with Crippen molar-refractivity contribution in [2.24, 2.45) is 0 Å². The van der Waals surface area contributed by atoms with E-state index >= 15 is 0 Å². The molecule has 0 aromatic carbocycles. The Balaban J connectivity index is 1.87. The smallest absolute Gasteiger partial charge is 0.141 e. The van der Waals surface area contributed by atoms with Gasteiger partial charge in [-0.15, -0.1) is 0 Å². The predicted octanol–water partition coefficient (Wildman–Crippen LogP) is 2.32. The molecule has 3 rings (SSSR count). The molecule has 1 aromatic heterocycles. The summed E-state index contributed by atoms with van der Waals surface area (Å²) in [5.74, 6) is 1.68. The summed E-state index contributed by atoms with van der Waals surface area (Å²) in [6.45, 7) is 2.00. The molecule has 1 aromatic rings. The maximum Gasteiger partial charge on any atom is 0.141 e. The molecule has 0 saturated carbocycles. The number of likely N-dealkylation sites (N-methyl/N-ethyl adjacent to an activating group) is 1. The summed E-state index contributed by atoms with van der Waals surface area (Å²) in [7, 11) is 2.26. The lowest BCUT2D eigenvalue weighted by atomic mass is 9.88. The molecule has 0 radical (unpaired) electrons. The fourth-order valence-corrected chi connectivity index (χ4v) is 3.33. The molecule has 2 fully saturated rings. The molecule has 2 bridgehead atoms. The summed E-state index contributed by atoms with van der Waals surface area (Å²) in [6.07, 6.45) is 5.28. The molecule has 0 spiro atoms. The second-order valence-corrected chi connectivity index (χ2v) is 5.02. The Morgan fingerprint density at radius 2 is 2.13 bits per heavy atom. The predicted molar refractivity (Wildman–Crippen MR) is 57.8 cm³/mol. The van der Waals surface area contributed by atoms with E-state index in [1.165, 1.54) is 25.7 Å². The third-order valence-electron chi connectivity index (χ3n) is 4.18. The summed E-state index contributed by atoms with van der Waals surface area (Å²) in [5.41, 5.74) is 1.01. The van der Waals surface area contributed by atoms with Crippen LogP contribution in [0.1, 0.15) is 43.1 Å². The fraction of sp³-hybridized carbons (Fsp3) is 0.750. The number of fused-ring (bicyclic) bond motifs is 2. The van der Waals surface area contributed by atoms with Gasteiger partial charge in [-0.1, -0.05) is 5.16 Å². The van der Waals surface area contributed by atoms with Crippen molar-refractivity contribution in [3.05, 3.63) is 17.5 Å². The van der Waals surface area contributed by atoms with E-state index in [1.807, 2.05) is 6.92 Å². The zero-order valence-corrected chi connectivity index (χ0v) is 9.44. The van der Waals surface area contributed by atoms with Crippen molar-refractivity contribution >= 4 is 0 Å². The number of piperidine rings is 1. The van der Waals surface area contributed by atoms with Gasteiger partial charge in [0.05, 0.1) is 5.69 Å². The molecule has 2 aliphatic rings. The molecule has 2 unspecified atom stereocenters. The minimum Gasteiger partial charge on any atom is -0.361 e. The maximum atomic E-state index is 5.43. The molecule has 2 saturated heterocycles. The van der Waals surface area contributed by atoms with Gasteiger partial charge in [0.15, 0.2) is 0 Å². The van der Waals surface area contributed by atoms with Crippen LogP contribution in [0.2, 0.25) is 0 Å². The van der Waals surface area contributed by atoms with Gasteiger partial charge in [-0.05, 0) is 39.7 Å². The summed E-state index contributed by atoms with van der Waals surface area (Å²) < 4.78 is 5.43. The van der Waals surface area contributed by atoms with Crippen LogP contribution in [0.25, 0.3) is 0 Å². The Morgan fingerprint density at radius 1 is 1.33 bits per heavy atom. The summed E-state index contributed by atoms with van der Waals surface area (Å²) in [5, 5.41) is 4.01. The molecular weight excluding hydrogens is 188 g/mol. The van der Waals surface area contributed by atoms with E-state index in [2.05, 4.69) is 23.2 Å². The number of nitrogens with zero attached hydrogens (tertiary/aromatic N) is 2. The first kappa shape index (κ1) is 9.40. The van der Waals surface area contributed by atoms with Gasteiger partial charge in [0.2, 0.25) is 0 Å². The quantitative estimate of drug-likeness (QED) is 0.706. The van der Waals surface area contributed by atoms with Crippen LogP contribution in [0.5, 0.6) is 0 Å². The standard InChI is InChI=1S/C12H18N2O/c1-8-7-12(15-13-8)10-5-3-9-4-6-11(10)14(9)2/h7,9-11H,3-6H2,1-2H3/t9-,10?,11?/m0/s1. The van der Waals surface area contributed by atoms with Crippen molar-refractivity contribution < 1.29 is 4.52 Å². The second kappa shape index (κ2) is 3.34. The topological polar surface area (TPSA) is 29.3 Å². The number of hydrogen-bond donors (Lipinski definition) is 0. The van der Waals surface area contributed by atoms with Crippen molar-refractivity contribution in [2.45, 2.75) is 50.6 Å². The van der Waals surface area contributed by atoms with Crippen molar-refractivity contribution in [1.82, 2.24) is 10.1 Å². The minimum atomic E-state index is 0.579. The van der Waals surface area contributed by atoms with Crippen LogP contribution in [-0.2, 0) is 0 Å². The van der Waals surface area contributed by atoms with Crippen LogP contribution >= 0.6 is 0 Å². The lowest BCUT2D eigenvalue weighted by Gasteiger charge is -2.36. The van der Waals surface area contributed by atoms with Gasteiger partial charge in [0, 0.05) is 24.1 Å². The first-order valence-corrected chi connectivity index (χ1v) is 5.91. The zero-order valence-electron chi connectivity index (χ0n) is 9.44. The Labute approximate surface area is 90.4 Å². The van der Waals surface area contributed by atoms with Crippen LogP contribution in [0.15, 0.2) is 10.6 Å². The monoisotopic (exact) mass is 206 g/mol. The van der Waals surface area contributed by atoms with Crippen LogP contribution in [0, 0.1) is 6.92 Å². The van der Waals surface area contributed by atoms with Crippen LogP contribution in [0.4, 0.5) is 0 Å². The third-order valence-corrected chi connectivity index (χ3v) is 4.18. The molecule has 2 aliphatic heterocycles. The SMILES string of the molecule is Cc1cc(C2CC[C@H]3CCC2N3C)on1.